The van der Waals surface area contributed by atoms with E-state index in [1.54, 1.807) is 17.2 Å². The normalized spacial score (nSPS) is 20.8. The van der Waals surface area contributed by atoms with Crippen molar-refractivity contribution < 1.29 is 18.7 Å². The van der Waals surface area contributed by atoms with E-state index in [-0.39, 0.29) is 17.7 Å². The lowest BCUT2D eigenvalue weighted by atomic mass is 9.81. The molecule has 1 unspecified atom stereocenters. The summed E-state index contributed by atoms with van der Waals surface area (Å²) in [6, 6.07) is 6.46. The second-order valence-electron chi connectivity index (χ2n) is 6.85. The Morgan fingerprint density at radius 2 is 2.23 bits per heavy atom. The zero-order chi connectivity index (χ0) is 18.1. The fourth-order valence-electron chi connectivity index (χ4n) is 3.55. The Morgan fingerprint density at radius 1 is 1.38 bits per heavy atom. The van der Waals surface area contributed by atoms with Crippen LogP contribution >= 0.6 is 0 Å². The molecule has 0 radical (unpaired) electrons. The summed E-state index contributed by atoms with van der Waals surface area (Å²) >= 11 is 0. The number of carbonyl (C=O) groups is 1. The summed E-state index contributed by atoms with van der Waals surface area (Å²) in [5.41, 5.74) is 1.05. The average Bonchev–Trinajstić information content (AvgIpc) is 3.04. The van der Waals surface area contributed by atoms with E-state index in [1.807, 2.05) is 13.0 Å². The highest BCUT2D eigenvalue weighted by molar-refractivity contribution is 5.94. The van der Waals surface area contributed by atoms with Crippen molar-refractivity contribution >= 4 is 5.91 Å². The maximum absolute atomic E-state index is 13.7. The Morgan fingerprint density at radius 3 is 2.96 bits per heavy atom. The highest BCUT2D eigenvalue weighted by atomic mass is 19.1. The molecule has 2 aliphatic rings. The molecule has 1 atom stereocenters. The molecule has 2 aromatic rings. The summed E-state index contributed by atoms with van der Waals surface area (Å²) in [7, 11) is 0. The summed E-state index contributed by atoms with van der Waals surface area (Å²) in [4.78, 5) is 22.4. The van der Waals surface area contributed by atoms with Crippen LogP contribution in [-0.2, 0) is 4.74 Å². The van der Waals surface area contributed by atoms with Gasteiger partial charge >= 0.3 is 0 Å². The monoisotopic (exact) mass is 357 g/mol. The van der Waals surface area contributed by atoms with Gasteiger partial charge in [0, 0.05) is 30.6 Å². The van der Waals surface area contributed by atoms with Crippen LogP contribution in [0.1, 0.15) is 22.5 Å². The summed E-state index contributed by atoms with van der Waals surface area (Å²) in [5, 5.41) is 0. The van der Waals surface area contributed by atoms with Crippen molar-refractivity contribution in [3.63, 3.8) is 0 Å². The molecular formula is C19H20FN3O3. The van der Waals surface area contributed by atoms with Gasteiger partial charge in [0.25, 0.3) is 5.91 Å². The first-order valence-corrected chi connectivity index (χ1v) is 8.67. The number of nitrogens with zero attached hydrogens (tertiary/aromatic N) is 3. The lowest BCUT2D eigenvalue weighted by molar-refractivity contribution is -0.122. The number of aryl methyl sites for hydroxylation is 1. The maximum Gasteiger partial charge on any atom is 0.255 e. The molecular weight excluding hydrogens is 337 g/mol. The number of halogens is 1. The van der Waals surface area contributed by atoms with E-state index in [0.717, 1.165) is 12.1 Å². The van der Waals surface area contributed by atoms with Crippen molar-refractivity contribution in [1.29, 1.82) is 0 Å². The molecule has 2 aliphatic heterocycles. The van der Waals surface area contributed by atoms with Crippen LogP contribution < -0.4 is 4.74 Å². The standard InChI is InChI=1S/C19H20FN3O3/c1-13-4-5-14(9-22-13)18(24)23-11-19(12-23)15(6-8-26-19)10-25-17-16(20)3-2-7-21-17/h2-5,7,9,15H,6,8,10-12H2,1H3. The van der Waals surface area contributed by atoms with E-state index in [9.17, 15) is 9.18 Å². The molecule has 4 heterocycles. The summed E-state index contributed by atoms with van der Waals surface area (Å²) in [6.45, 7) is 3.85. The predicted octanol–water partition coefficient (Wildman–Crippen LogP) is 2.23. The van der Waals surface area contributed by atoms with Gasteiger partial charge in [-0.05, 0) is 37.6 Å². The Labute approximate surface area is 151 Å². The zero-order valence-corrected chi connectivity index (χ0v) is 14.5. The first-order valence-electron chi connectivity index (χ1n) is 8.67. The molecule has 2 saturated heterocycles. The fourth-order valence-corrected chi connectivity index (χ4v) is 3.55. The molecule has 7 heteroatoms. The van der Waals surface area contributed by atoms with Gasteiger partial charge in [0.05, 0.1) is 25.3 Å². The molecule has 0 saturated carbocycles. The van der Waals surface area contributed by atoms with Gasteiger partial charge in [-0.15, -0.1) is 0 Å². The molecule has 0 aromatic carbocycles. The third-order valence-electron chi connectivity index (χ3n) is 5.11. The molecule has 2 aromatic heterocycles. The van der Waals surface area contributed by atoms with E-state index in [0.29, 0.717) is 31.9 Å². The highest BCUT2D eigenvalue weighted by Crippen LogP contribution is 2.40. The number of carbonyl (C=O) groups excluding carboxylic acids is 1. The van der Waals surface area contributed by atoms with E-state index in [1.165, 1.54) is 18.3 Å². The fraction of sp³-hybridized carbons (Fsp3) is 0.421. The molecule has 26 heavy (non-hydrogen) atoms. The van der Waals surface area contributed by atoms with E-state index < -0.39 is 11.4 Å². The van der Waals surface area contributed by atoms with Crippen molar-refractivity contribution in [2.75, 3.05) is 26.3 Å². The van der Waals surface area contributed by atoms with Gasteiger partial charge in [-0.3, -0.25) is 9.78 Å². The molecule has 4 rings (SSSR count). The number of likely N-dealkylation sites (tertiary alicyclic amines) is 1. The molecule has 6 nitrogen and oxygen atoms in total. The van der Waals surface area contributed by atoms with Gasteiger partial charge in [0.15, 0.2) is 5.82 Å². The Kier molecular flexibility index (Phi) is 4.32. The number of pyridine rings is 2. The van der Waals surface area contributed by atoms with E-state index >= 15 is 0 Å². The second-order valence-corrected chi connectivity index (χ2v) is 6.85. The van der Waals surface area contributed by atoms with Gasteiger partial charge in [0.2, 0.25) is 5.88 Å². The lowest BCUT2D eigenvalue weighted by Gasteiger charge is -2.50. The van der Waals surface area contributed by atoms with Crippen LogP contribution in [0.3, 0.4) is 0 Å². The number of rotatable bonds is 4. The van der Waals surface area contributed by atoms with Crippen LogP contribution in [-0.4, -0.2) is 52.7 Å². The smallest absolute Gasteiger partial charge is 0.255 e. The summed E-state index contributed by atoms with van der Waals surface area (Å²) in [5.74, 6) is -0.413. The number of hydrogen-bond acceptors (Lipinski definition) is 5. The largest absolute Gasteiger partial charge is 0.475 e. The van der Waals surface area contributed by atoms with Crippen molar-refractivity contribution in [3.8, 4) is 5.88 Å². The Hall–Kier alpha value is -2.54. The van der Waals surface area contributed by atoms with Crippen LogP contribution in [0, 0.1) is 18.7 Å². The first kappa shape index (κ1) is 16.9. The van der Waals surface area contributed by atoms with Crippen molar-refractivity contribution in [1.82, 2.24) is 14.9 Å². The van der Waals surface area contributed by atoms with Gasteiger partial charge in [0.1, 0.15) is 5.60 Å². The van der Waals surface area contributed by atoms with Crippen LogP contribution in [0.25, 0.3) is 0 Å². The molecule has 0 aliphatic carbocycles. The molecule has 0 bridgehead atoms. The minimum atomic E-state index is -0.474. The highest BCUT2D eigenvalue weighted by Gasteiger charge is 2.54. The molecule has 136 valence electrons. The SMILES string of the molecule is Cc1ccc(C(=O)N2CC3(C2)OCCC3COc2ncccc2F)cn1. The van der Waals surface area contributed by atoms with Gasteiger partial charge in [-0.2, -0.15) is 0 Å². The van der Waals surface area contributed by atoms with E-state index in [2.05, 4.69) is 9.97 Å². The number of aromatic nitrogens is 2. The number of ether oxygens (including phenoxy) is 2. The average molecular weight is 357 g/mol. The van der Waals surface area contributed by atoms with Crippen molar-refractivity contribution in [3.05, 3.63) is 53.7 Å². The topological polar surface area (TPSA) is 64.6 Å². The first-order chi connectivity index (χ1) is 12.6. The maximum atomic E-state index is 13.7. The molecule has 2 fully saturated rings. The third kappa shape index (κ3) is 3.03. The molecule has 1 spiro atoms. The molecule has 1 amide bonds. The second kappa shape index (κ2) is 6.64. The summed E-state index contributed by atoms with van der Waals surface area (Å²) in [6.07, 6.45) is 3.92. The van der Waals surface area contributed by atoms with Crippen LogP contribution in [0.2, 0.25) is 0 Å². The minimum Gasteiger partial charge on any atom is -0.475 e. The van der Waals surface area contributed by atoms with E-state index in [4.69, 9.17) is 9.47 Å². The third-order valence-corrected chi connectivity index (χ3v) is 5.11. The van der Waals surface area contributed by atoms with Crippen LogP contribution in [0.5, 0.6) is 5.88 Å². The lowest BCUT2D eigenvalue weighted by Crippen LogP contribution is -2.66. The van der Waals surface area contributed by atoms with Gasteiger partial charge in [-0.1, -0.05) is 0 Å². The van der Waals surface area contributed by atoms with Crippen molar-refractivity contribution in [2.24, 2.45) is 5.92 Å². The van der Waals surface area contributed by atoms with Gasteiger partial charge in [-0.25, -0.2) is 9.37 Å². The Bertz CT molecular complexity index is 806. The Balaban J connectivity index is 1.38. The van der Waals surface area contributed by atoms with Gasteiger partial charge < -0.3 is 14.4 Å². The minimum absolute atomic E-state index is 0.00698. The molecule has 0 N–H and O–H groups in total. The number of amides is 1. The van der Waals surface area contributed by atoms with Crippen molar-refractivity contribution in [2.45, 2.75) is 18.9 Å². The van der Waals surface area contributed by atoms with Crippen LogP contribution in [0.15, 0.2) is 36.7 Å². The van der Waals surface area contributed by atoms with Crippen LogP contribution in [0.4, 0.5) is 4.39 Å². The predicted molar refractivity (Wildman–Crippen MR) is 91.4 cm³/mol. The summed E-state index contributed by atoms with van der Waals surface area (Å²) < 4.78 is 25.2. The number of hydrogen-bond donors (Lipinski definition) is 0. The quantitative estimate of drug-likeness (QED) is 0.840. The zero-order valence-electron chi connectivity index (χ0n) is 14.5.